The summed E-state index contributed by atoms with van der Waals surface area (Å²) in [6, 6.07) is 1.91. The topological polar surface area (TPSA) is 80.2 Å². The van der Waals surface area contributed by atoms with Gasteiger partial charge in [-0.2, -0.15) is 0 Å². The summed E-state index contributed by atoms with van der Waals surface area (Å²) >= 11 is 1.58. The Hall–Kier alpha value is -2.06. The summed E-state index contributed by atoms with van der Waals surface area (Å²) in [5, 5.41) is 4.06. The van der Waals surface area contributed by atoms with Gasteiger partial charge < -0.3 is 15.0 Å². The van der Waals surface area contributed by atoms with E-state index in [4.69, 9.17) is 4.74 Å². The monoisotopic (exact) mass is 415 g/mol. The zero-order valence-electron chi connectivity index (χ0n) is 17.2. The van der Waals surface area contributed by atoms with Gasteiger partial charge in [0.05, 0.1) is 18.8 Å². The molecule has 1 atom stereocenters. The second-order valence-corrected chi connectivity index (χ2v) is 9.27. The number of amides is 1. The van der Waals surface area contributed by atoms with Crippen molar-refractivity contribution in [2.75, 3.05) is 25.0 Å². The maximum Gasteiger partial charge on any atom is 0.223 e. The lowest BCUT2D eigenvalue weighted by atomic mass is 9.86. The molecule has 2 aromatic rings. The van der Waals surface area contributed by atoms with E-state index in [9.17, 15) is 4.79 Å². The predicted octanol–water partition coefficient (Wildman–Crippen LogP) is 4.16. The second kappa shape index (κ2) is 9.17. The smallest absolute Gasteiger partial charge is 0.223 e. The molecule has 2 fully saturated rings. The predicted molar refractivity (Wildman–Crippen MR) is 113 cm³/mol. The van der Waals surface area contributed by atoms with Crippen LogP contribution < -0.4 is 5.32 Å². The van der Waals surface area contributed by atoms with Crippen LogP contribution in [0.4, 0.5) is 10.9 Å². The molecule has 0 aromatic carbocycles. The third kappa shape index (κ3) is 5.30. The van der Waals surface area contributed by atoms with Crippen LogP contribution in [0, 0.1) is 19.8 Å². The molecule has 0 bridgehead atoms. The summed E-state index contributed by atoms with van der Waals surface area (Å²) < 4.78 is 5.97. The van der Waals surface area contributed by atoms with E-state index in [1.54, 1.807) is 11.3 Å². The normalized spacial score (nSPS) is 20.6. The van der Waals surface area contributed by atoms with Crippen molar-refractivity contribution in [1.82, 2.24) is 19.9 Å². The fraction of sp³-hybridized carbons (Fsp3) is 0.619. The van der Waals surface area contributed by atoms with Crippen LogP contribution in [0.15, 0.2) is 12.3 Å². The summed E-state index contributed by atoms with van der Waals surface area (Å²) in [6.45, 7) is 5.65. The summed E-state index contributed by atoms with van der Waals surface area (Å²) in [7, 11) is 0. The van der Waals surface area contributed by atoms with Gasteiger partial charge in [-0.25, -0.2) is 15.0 Å². The van der Waals surface area contributed by atoms with E-state index in [1.165, 1.54) is 32.1 Å². The molecule has 1 aliphatic heterocycles. The highest BCUT2D eigenvalue weighted by Gasteiger charge is 2.28. The van der Waals surface area contributed by atoms with E-state index >= 15 is 0 Å². The lowest BCUT2D eigenvalue weighted by Crippen LogP contribution is -2.43. The summed E-state index contributed by atoms with van der Waals surface area (Å²) in [6.07, 6.45) is 8.50. The second-order valence-electron chi connectivity index (χ2n) is 8.03. The first-order chi connectivity index (χ1) is 14.1. The summed E-state index contributed by atoms with van der Waals surface area (Å²) in [5.74, 6) is 2.19. The van der Waals surface area contributed by atoms with Gasteiger partial charge in [0, 0.05) is 30.1 Å². The average molecular weight is 416 g/mol. The highest BCUT2D eigenvalue weighted by Crippen LogP contribution is 2.29. The molecule has 29 heavy (non-hydrogen) atoms. The number of thiazole rings is 1. The van der Waals surface area contributed by atoms with Crippen LogP contribution >= 0.6 is 11.3 Å². The first-order valence-corrected chi connectivity index (χ1v) is 11.3. The Bertz CT molecular complexity index is 849. The van der Waals surface area contributed by atoms with Gasteiger partial charge in [-0.05, 0) is 32.6 Å². The average Bonchev–Trinajstić information content (AvgIpc) is 3.13. The largest absolute Gasteiger partial charge is 0.368 e. The third-order valence-electron chi connectivity index (χ3n) is 5.65. The molecule has 1 amide bonds. The molecule has 0 radical (unpaired) electrons. The zero-order valence-corrected chi connectivity index (χ0v) is 18.0. The van der Waals surface area contributed by atoms with Crippen LogP contribution in [0.3, 0.4) is 0 Å². The Morgan fingerprint density at radius 3 is 2.86 bits per heavy atom. The number of hydrogen-bond donors (Lipinski definition) is 1. The van der Waals surface area contributed by atoms with E-state index in [1.807, 2.05) is 31.0 Å². The lowest BCUT2D eigenvalue weighted by Gasteiger charge is -2.34. The first-order valence-electron chi connectivity index (χ1n) is 10.5. The van der Waals surface area contributed by atoms with Crippen LogP contribution in [0.25, 0.3) is 0 Å². The van der Waals surface area contributed by atoms with E-state index in [0.29, 0.717) is 43.7 Å². The van der Waals surface area contributed by atoms with Crippen molar-refractivity contribution in [3.63, 3.8) is 0 Å². The molecule has 1 saturated heterocycles. The van der Waals surface area contributed by atoms with Crippen molar-refractivity contribution in [3.05, 3.63) is 28.7 Å². The molecule has 1 saturated carbocycles. The Balaban J connectivity index is 1.42. The van der Waals surface area contributed by atoms with E-state index in [-0.39, 0.29) is 12.0 Å². The Labute approximate surface area is 175 Å². The minimum Gasteiger partial charge on any atom is -0.368 e. The highest BCUT2D eigenvalue weighted by atomic mass is 32.1. The highest BCUT2D eigenvalue weighted by molar-refractivity contribution is 7.15. The van der Waals surface area contributed by atoms with Gasteiger partial charge >= 0.3 is 0 Å². The molecule has 3 heterocycles. The van der Waals surface area contributed by atoms with Gasteiger partial charge in [0.1, 0.15) is 17.7 Å². The Morgan fingerprint density at radius 1 is 1.28 bits per heavy atom. The fourth-order valence-electron chi connectivity index (χ4n) is 4.16. The minimum atomic E-state index is -0.223. The fourth-order valence-corrected chi connectivity index (χ4v) is 4.84. The number of carbonyl (C=O) groups excluding carboxylic acids is 1. The zero-order chi connectivity index (χ0) is 20.2. The van der Waals surface area contributed by atoms with Crippen LogP contribution in [-0.2, 0) is 9.53 Å². The number of hydrogen-bond acceptors (Lipinski definition) is 7. The molecule has 156 valence electrons. The van der Waals surface area contributed by atoms with Crippen molar-refractivity contribution >= 4 is 28.2 Å². The van der Waals surface area contributed by atoms with Crippen molar-refractivity contribution in [2.24, 2.45) is 5.92 Å². The summed E-state index contributed by atoms with van der Waals surface area (Å²) in [4.78, 5) is 29.3. The van der Waals surface area contributed by atoms with Crippen molar-refractivity contribution in [2.45, 2.75) is 58.5 Å². The van der Waals surface area contributed by atoms with Crippen LogP contribution in [0.1, 0.15) is 61.0 Å². The van der Waals surface area contributed by atoms with Gasteiger partial charge in [0.2, 0.25) is 5.91 Å². The molecule has 2 aliphatic rings. The van der Waals surface area contributed by atoms with Crippen LogP contribution in [-0.4, -0.2) is 45.5 Å². The number of carbonyl (C=O) groups is 1. The van der Waals surface area contributed by atoms with Gasteiger partial charge in [0.15, 0.2) is 5.13 Å². The Morgan fingerprint density at radius 2 is 2.10 bits per heavy atom. The van der Waals surface area contributed by atoms with Crippen molar-refractivity contribution in [3.8, 4) is 0 Å². The molecule has 1 unspecified atom stereocenters. The molecule has 8 heteroatoms. The molecular formula is C21H29N5O2S. The van der Waals surface area contributed by atoms with Crippen molar-refractivity contribution in [1.29, 1.82) is 0 Å². The molecule has 7 nitrogen and oxygen atoms in total. The van der Waals surface area contributed by atoms with Gasteiger partial charge in [-0.3, -0.25) is 4.79 Å². The number of morpholine rings is 1. The number of rotatable bonds is 5. The summed E-state index contributed by atoms with van der Waals surface area (Å²) in [5.41, 5.74) is 0.809. The maximum atomic E-state index is 12.8. The first kappa shape index (κ1) is 20.2. The number of nitrogens with zero attached hydrogens (tertiary/aromatic N) is 4. The van der Waals surface area contributed by atoms with Crippen molar-refractivity contribution < 1.29 is 9.53 Å². The van der Waals surface area contributed by atoms with Gasteiger partial charge in [-0.15, -0.1) is 11.3 Å². The molecular weight excluding hydrogens is 386 g/mol. The number of ether oxygens (including phenoxy) is 1. The number of anilines is 2. The third-order valence-corrected chi connectivity index (χ3v) is 6.48. The molecule has 0 spiro atoms. The lowest BCUT2D eigenvalue weighted by molar-refractivity contribution is -0.140. The molecule has 2 aromatic heterocycles. The SMILES string of the molecule is Cc1nc(Nc2ncc(C)s2)cc(C2CN(C(=O)CC3CCCCC3)CCO2)n1. The van der Waals surface area contributed by atoms with Crippen LogP contribution in [0.2, 0.25) is 0 Å². The van der Waals surface area contributed by atoms with E-state index in [2.05, 4.69) is 20.3 Å². The number of nitrogens with one attached hydrogen (secondary N) is 1. The number of aromatic nitrogens is 3. The minimum absolute atomic E-state index is 0.223. The van der Waals surface area contributed by atoms with E-state index in [0.717, 1.165) is 15.7 Å². The van der Waals surface area contributed by atoms with Gasteiger partial charge in [0.25, 0.3) is 0 Å². The standard InChI is InChI=1S/C21H29N5O2S/c1-14-12-22-21(29-14)25-19-11-17(23-15(2)24-19)18-13-26(8-9-28-18)20(27)10-16-6-4-3-5-7-16/h11-12,16,18H,3-10,13H2,1-2H3,(H,22,23,24,25). The number of aryl methyl sites for hydroxylation is 2. The maximum absolute atomic E-state index is 12.8. The quantitative estimate of drug-likeness (QED) is 0.790. The molecule has 1 aliphatic carbocycles. The van der Waals surface area contributed by atoms with E-state index < -0.39 is 0 Å². The Kier molecular flexibility index (Phi) is 6.40. The molecule has 4 rings (SSSR count). The van der Waals surface area contributed by atoms with Gasteiger partial charge in [-0.1, -0.05) is 19.3 Å². The molecule has 1 N–H and O–H groups in total. The van der Waals surface area contributed by atoms with Crippen LogP contribution in [0.5, 0.6) is 0 Å².